The van der Waals surface area contributed by atoms with Crippen molar-refractivity contribution in [3.8, 4) is 0 Å². The van der Waals surface area contributed by atoms with Crippen LogP contribution in [0.4, 0.5) is 5.69 Å². The number of hydrogen-bond acceptors (Lipinski definition) is 6. The Bertz CT molecular complexity index is 857. The van der Waals surface area contributed by atoms with Crippen molar-refractivity contribution in [2.24, 2.45) is 10.9 Å². The average Bonchev–Trinajstić information content (AvgIpc) is 2.88. The molecule has 0 bridgehead atoms. The molecule has 2 heterocycles. The largest absolute Gasteiger partial charge is 0.481 e. The van der Waals surface area contributed by atoms with Gasteiger partial charge in [-0.15, -0.1) is 0 Å². The van der Waals surface area contributed by atoms with Crippen LogP contribution in [0.3, 0.4) is 0 Å². The standard InChI is InChI=1S/C18H19N3O5/c1-9(2)8-21-11-4-3-10(5-14(23)24)15(18(25)20-26)17(11)16-12(21)6-19-7-13(16)22/h3-4,6-7,9,16,26H,5,8H2,1-2H3,(H,20,25)(H,23,24). The lowest BCUT2D eigenvalue weighted by Gasteiger charge is -2.25. The number of Topliss-reactive ketones (excluding diaryl/α,β-unsaturated/α-hetero) is 1. The predicted molar refractivity (Wildman–Crippen MR) is 93.5 cm³/mol. The van der Waals surface area contributed by atoms with Gasteiger partial charge in [-0.3, -0.25) is 24.6 Å². The summed E-state index contributed by atoms with van der Waals surface area (Å²) in [5.41, 5.74) is 3.56. The van der Waals surface area contributed by atoms with E-state index >= 15 is 0 Å². The SMILES string of the molecule is CC(C)CN1C2=CN=CC(=O)C2c2c1ccc(CC(=O)O)c2C(=O)NO. The summed E-state index contributed by atoms with van der Waals surface area (Å²) in [5, 5.41) is 18.3. The number of nitrogens with one attached hydrogen (secondary N) is 1. The first kappa shape index (κ1) is 17.8. The summed E-state index contributed by atoms with van der Waals surface area (Å²) in [6, 6.07) is 3.27. The van der Waals surface area contributed by atoms with E-state index in [0.717, 1.165) is 0 Å². The van der Waals surface area contributed by atoms with Gasteiger partial charge in [0.05, 0.1) is 29.8 Å². The number of aliphatic carboxylic acids is 1. The average molecular weight is 357 g/mol. The van der Waals surface area contributed by atoms with E-state index in [4.69, 9.17) is 10.3 Å². The molecule has 8 heteroatoms. The molecular weight excluding hydrogens is 338 g/mol. The van der Waals surface area contributed by atoms with Crippen molar-refractivity contribution in [3.63, 3.8) is 0 Å². The van der Waals surface area contributed by atoms with Crippen LogP contribution in [0.15, 0.2) is 29.0 Å². The lowest BCUT2D eigenvalue weighted by molar-refractivity contribution is -0.136. The fourth-order valence-electron chi connectivity index (χ4n) is 3.52. The van der Waals surface area contributed by atoms with Crippen molar-refractivity contribution in [1.29, 1.82) is 0 Å². The molecule has 0 aromatic heterocycles. The maximum absolute atomic E-state index is 12.5. The van der Waals surface area contributed by atoms with Crippen LogP contribution < -0.4 is 10.4 Å². The molecule has 0 aliphatic carbocycles. The number of fused-ring (bicyclic) bond motifs is 3. The molecule has 3 rings (SSSR count). The number of benzene rings is 1. The second kappa shape index (κ2) is 6.72. The minimum absolute atomic E-state index is 0.0261. The van der Waals surface area contributed by atoms with Gasteiger partial charge < -0.3 is 10.0 Å². The first-order valence-corrected chi connectivity index (χ1v) is 8.21. The van der Waals surface area contributed by atoms with Gasteiger partial charge in [0.15, 0.2) is 5.78 Å². The lowest BCUT2D eigenvalue weighted by Crippen LogP contribution is -2.28. The topological polar surface area (TPSA) is 119 Å². The van der Waals surface area contributed by atoms with Crippen LogP contribution in [-0.4, -0.2) is 40.7 Å². The van der Waals surface area contributed by atoms with E-state index < -0.39 is 24.2 Å². The molecule has 136 valence electrons. The highest BCUT2D eigenvalue weighted by molar-refractivity contribution is 6.33. The Kier molecular flexibility index (Phi) is 4.60. The molecule has 2 aliphatic heterocycles. The molecule has 3 N–H and O–H groups in total. The van der Waals surface area contributed by atoms with Crippen molar-refractivity contribution in [3.05, 3.63) is 40.7 Å². The van der Waals surface area contributed by atoms with Crippen LogP contribution in [-0.2, 0) is 16.0 Å². The van der Waals surface area contributed by atoms with Crippen LogP contribution in [0.2, 0.25) is 0 Å². The predicted octanol–water partition coefficient (Wildman–Crippen LogP) is 1.49. The van der Waals surface area contributed by atoms with Gasteiger partial charge >= 0.3 is 5.97 Å². The summed E-state index contributed by atoms with van der Waals surface area (Å²) >= 11 is 0. The maximum atomic E-state index is 12.5. The van der Waals surface area contributed by atoms with Gasteiger partial charge in [0.1, 0.15) is 0 Å². The first-order chi connectivity index (χ1) is 12.3. The number of amides is 1. The highest BCUT2D eigenvalue weighted by Gasteiger charge is 2.42. The van der Waals surface area contributed by atoms with Gasteiger partial charge in [-0.1, -0.05) is 19.9 Å². The summed E-state index contributed by atoms with van der Waals surface area (Å²) in [6.45, 7) is 4.67. The summed E-state index contributed by atoms with van der Waals surface area (Å²) < 4.78 is 0. The molecule has 0 saturated heterocycles. The molecule has 1 unspecified atom stereocenters. The maximum Gasteiger partial charge on any atom is 0.307 e. The van der Waals surface area contributed by atoms with E-state index in [9.17, 15) is 14.4 Å². The number of carboxylic acids is 1. The van der Waals surface area contributed by atoms with Crippen LogP contribution >= 0.6 is 0 Å². The van der Waals surface area contributed by atoms with Gasteiger partial charge in [0, 0.05) is 24.0 Å². The number of carboxylic acid groups (broad SMARTS) is 1. The smallest absolute Gasteiger partial charge is 0.307 e. The number of hydrogen-bond donors (Lipinski definition) is 3. The van der Waals surface area contributed by atoms with Crippen molar-refractivity contribution in [2.75, 3.05) is 11.4 Å². The highest BCUT2D eigenvalue weighted by atomic mass is 16.5. The summed E-state index contributed by atoms with van der Waals surface area (Å²) in [7, 11) is 0. The summed E-state index contributed by atoms with van der Waals surface area (Å²) in [4.78, 5) is 42.0. The van der Waals surface area contributed by atoms with Crippen LogP contribution in [0.25, 0.3) is 0 Å². The summed E-state index contributed by atoms with van der Waals surface area (Å²) in [6.07, 6.45) is 2.39. The zero-order valence-electron chi connectivity index (χ0n) is 14.4. The molecule has 0 fully saturated rings. The highest BCUT2D eigenvalue weighted by Crippen LogP contribution is 2.47. The summed E-state index contributed by atoms with van der Waals surface area (Å²) in [5.74, 6) is -2.69. The fraction of sp³-hybridized carbons (Fsp3) is 0.333. The van der Waals surface area contributed by atoms with Gasteiger partial charge in [0.2, 0.25) is 0 Å². The molecule has 1 aromatic rings. The third-order valence-corrected chi connectivity index (χ3v) is 4.41. The number of aliphatic imine (C=N–C) groups is 1. The Morgan fingerprint density at radius 2 is 2.08 bits per heavy atom. The molecule has 8 nitrogen and oxygen atoms in total. The number of carbonyl (C=O) groups excluding carboxylic acids is 2. The Balaban J connectivity index is 2.26. The molecule has 2 aliphatic rings. The van der Waals surface area contributed by atoms with Crippen molar-refractivity contribution in [2.45, 2.75) is 26.2 Å². The number of hydroxylamine groups is 1. The third kappa shape index (κ3) is 2.88. The monoisotopic (exact) mass is 357 g/mol. The molecule has 0 spiro atoms. The second-order valence-electron chi connectivity index (χ2n) is 6.72. The Hall–Kier alpha value is -3.00. The number of carbonyl (C=O) groups is 3. The van der Waals surface area contributed by atoms with Crippen LogP contribution in [0.1, 0.15) is 41.3 Å². The third-order valence-electron chi connectivity index (χ3n) is 4.41. The van der Waals surface area contributed by atoms with Crippen LogP contribution in [0.5, 0.6) is 0 Å². The quantitative estimate of drug-likeness (QED) is 0.542. The Labute approximate surface area is 149 Å². The Morgan fingerprint density at radius 1 is 1.35 bits per heavy atom. The van der Waals surface area contributed by atoms with Crippen molar-refractivity contribution >= 4 is 29.6 Å². The Morgan fingerprint density at radius 3 is 2.69 bits per heavy atom. The van der Waals surface area contributed by atoms with E-state index in [-0.39, 0.29) is 22.8 Å². The van der Waals surface area contributed by atoms with Crippen molar-refractivity contribution < 1.29 is 24.7 Å². The lowest BCUT2D eigenvalue weighted by atomic mass is 9.86. The zero-order chi connectivity index (χ0) is 19.0. The fourth-order valence-corrected chi connectivity index (χ4v) is 3.52. The number of rotatable bonds is 5. The molecule has 1 aromatic carbocycles. The van der Waals surface area contributed by atoms with Gasteiger partial charge in [-0.2, -0.15) is 0 Å². The minimum Gasteiger partial charge on any atom is -0.481 e. The normalized spacial score (nSPS) is 17.8. The van der Waals surface area contributed by atoms with E-state index in [0.29, 0.717) is 23.5 Å². The van der Waals surface area contributed by atoms with Gasteiger partial charge in [-0.05, 0) is 17.5 Å². The zero-order valence-corrected chi connectivity index (χ0v) is 14.4. The molecular formula is C18H19N3O5. The van der Waals surface area contributed by atoms with Gasteiger partial charge in [-0.25, -0.2) is 5.48 Å². The first-order valence-electron chi connectivity index (χ1n) is 8.21. The molecule has 26 heavy (non-hydrogen) atoms. The van der Waals surface area contributed by atoms with Gasteiger partial charge in [0.25, 0.3) is 5.91 Å². The molecule has 1 amide bonds. The minimum atomic E-state index is -1.11. The van der Waals surface area contributed by atoms with Crippen LogP contribution in [0, 0.1) is 5.92 Å². The number of nitrogens with zero attached hydrogens (tertiary/aromatic N) is 2. The molecule has 0 radical (unpaired) electrons. The van der Waals surface area contributed by atoms with E-state index in [2.05, 4.69) is 4.99 Å². The van der Waals surface area contributed by atoms with E-state index in [1.165, 1.54) is 6.21 Å². The number of allylic oxidation sites excluding steroid dienone is 1. The van der Waals surface area contributed by atoms with E-state index in [1.807, 2.05) is 18.7 Å². The van der Waals surface area contributed by atoms with E-state index in [1.54, 1.807) is 23.8 Å². The van der Waals surface area contributed by atoms with Crippen molar-refractivity contribution in [1.82, 2.24) is 5.48 Å². The second-order valence-corrected chi connectivity index (χ2v) is 6.72. The number of ketones is 1. The number of anilines is 1. The molecule has 1 atom stereocenters. The molecule has 0 saturated carbocycles.